The Morgan fingerprint density at radius 1 is 0.475 bits per heavy atom. The molecule has 0 spiro atoms. The summed E-state index contributed by atoms with van der Waals surface area (Å²) < 4.78 is 99.5. The number of pyridine rings is 2. The minimum Gasteiger partial charge on any atom is -0.495 e. The third-order valence-electron chi connectivity index (χ3n) is 19.3. The van der Waals surface area contributed by atoms with E-state index in [2.05, 4.69) is 120 Å². The van der Waals surface area contributed by atoms with Crippen molar-refractivity contribution < 1.29 is 34.4 Å². The van der Waals surface area contributed by atoms with Gasteiger partial charge in [0, 0.05) is 227 Å². The maximum atomic E-state index is 14.0. The molecule has 0 aliphatic carbocycles. The molecular weight excluding hydrogens is 1350 g/mol. The molecule has 4 unspecified atom stereocenters. The van der Waals surface area contributed by atoms with E-state index in [4.69, 9.17) is 4.74 Å². The van der Waals surface area contributed by atoms with Gasteiger partial charge in [0.2, 0.25) is 10.0 Å². The fourth-order valence-electron chi connectivity index (χ4n) is 13.9. The van der Waals surface area contributed by atoms with E-state index in [0.29, 0.717) is 43.4 Å². The van der Waals surface area contributed by atoms with E-state index in [1.54, 1.807) is 50.6 Å². The summed E-state index contributed by atoms with van der Waals surface area (Å²) >= 11 is 0. The summed E-state index contributed by atoms with van der Waals surface area (Å²) in [7, 11) is -9.77. The van der Waals surface area contributed by atoms with Gasteiger partial charge in [-0.3, -0.25) is 16.8 Å². The molecular formula is C74H93FN12O7S5. The van der Waals surface area contributed by atoms with Gasteiger partial charge >= 0.3 is 0 Å². The van der Waals surface area contributed by atoms with Gasteiger partial charge < -0.3 is 29.7 Å². The molecule has 15 rings (SSSR count). The number of aromatic nitrogens is 7. The molecule has 0 radical (unpaired) electrons. The number of nitrogens with one attached hydrogen (secondary N) is 5. The third-order valence-corrected chi connectivity index (χ3v) is 26.4. The standard InChI is InChI=1S/C16H20N2O2S.C16H20N2OS.C15H19FN2OS.C14H19N3OS.C13H15N3O2S/c1-20-15-6-4-5-13-14(11-17-16(13)15)12-7-9-18(10-8-12)21(2,3)19;1-12-4-5-16-14(10-12)15(11-17-16)13-6-8-18(9-7-13)20(2,3)19;1-20(2,19)18-8-6-11(7-9-18)12-10-17-14-5-3-4-13(16)15(12)14;1-19(2,18)17-8-5-11(6-9-17)13-10-16-14-12(13)4-3-7-15-14;1-19(17,18)16-7-4-10(5-8-16)12-9-15-13-11(12)3-2-6-14-13/h4-7,11,17H,2,8-10H2,1,3H3;4-6,10-11,17H,2,7-9H2,1,3H3;3-5,10-11,17H,1,6-9H2,2H3;3-4,7,10-11H,1,5-6,8-9H2,2H3,(H,15,16);2-4,6,9H,5,7-8H2,1H3,(H,14,15). The number of aromatic amines is 5. The molecule has 2 saturated heterocycles. The van der Waals surface area contributed by atoms with Crippen molar-refractivity contribution in [3.63, 3.8) is 0 Å². The van der Waals surface area contributed by atoms with Crippen LogP contribution in [0.3, 0.4) is 0 Å². The quantitative estimate of drug-likeness (QED) is 0.0774. The average Bonchev–Trinajstić information content (AvgIpc) is 1.72. The number of rotatable bonds is 11. The summed E-state index contributed by atoms with van der Waals surface area (Å²) in [5, 5.41) is 5.45. The Hall–Kier alpha value is -7.56. The van der Waals surface area contributed by atoms with Crippen LogP contribution in [0.15, 0.2) is 140 Å². The summed E-state index contributed by atoms with van der Waals surface area (Å²) in [6, 6.07) is 25.7. The summed E-state index contributed by atoms with van der Waals surface area (Å²) in [6.45, 7) is 9.31. The summed E-state index contributed by atoms with van der Waals surface area (Å²) in [4.78, 5) is 24.7. The van der Waals surface area contributed by atoms with Crippen molar-refractivity contribution in [2.75, 3.05) is 104 Å². The van der Waals surface area contributed by atoms with Crippen molar-refractivity contribution >= 4 is 144 Å². The molecule has 10 aromatic rings. The first-order valence-electron chi connectivity index (χ1n) is 33.2. The van der Waals surface area contributed by atoms with Crippen LogP contribution in [0.4, 0.5) is 4.39 Å². The largest absolute Gasteiger partial charge is 0.495 e. The van der Waals surface area contributed by atoms with E-state index in [-0.39, 0.29) is 5.82 Å². The second-order valence-electron chi connectivity index (χ2n) is 26.6. The van der Waals surface area contributed by atoms with Crippen LogP contribution < -0.4 is 4.74 Å². The number of nitrogens with zero attached hydrogens (tertiary/aromatic N) is 7. The van der Waals surface area contributed by atoms with E-state index in [1.807, 2.05) is 78.3 Å². The van der Waals surface area contributed by atoms with E-state index in [0.717, 1.165) is 129 Å². The second-order valence-corrected chi connectivity index (χ2v) is 38.3. The number of hydrogen-bond acceptors (Lipinski definition) is 9. The molecule has 0 saturated carbocycles. The number of halogens is 1. The highest BCUT2D eigenvalue weighted by atomic mass is 32.2. The van der Waals surface area contributed by atoms with Crippen molar-refractivity contribution in [1.82, 2.24) is 56.4 Å². The first-order chi connectivity index (χ1) is 47.0. The topological polar surface area (TPSA) is 233 Å². The van der Waals surface area contributed by atoms with E-state index < -0.39 is 48.9 Å². The Bertz CT molecular complexity index is 5260. The molecule has 528 valence electrons. The predicted molar refractivity (Wildman–Crippen MR) is 418 cm³/mol. The Morgan fingerprint density at radius 2 is 0.929 bits per heavy atom. The third kappa shape index (κ3) is 17.3. The van der Waals surface area contributed by atoms with Crippen molar-refractivity contribution in [2.45, 2.75) is 63.7 Å². The summed E-state index contributed by atoms with van der Waals surface area (Å²) in [5.41, 5.74) is 15.9. The lowest BCUT2D eigenvalue weighted by atomic mass is 9.90. The number of H-pyrrole nitrogens is 5. The van der Waals surface area contributed by atoms with E-state index in [1.165, 1.54) is 77.3 Å². The normalized spacial score (nSPS) is 19.9. The van der Waals surface area contributed by atoms with Gasteiger partial charge in [-0.2, -0.15) is 4.31 Å². The number of methoxy groups -OCH3 is 1. The highest BCUT2D eigenvalue weighted by molar-refractivity contribution is 7.98. The molecule has 19 nitrogen and oxygen atoms in total. The molecule has 2 fully saturated rings. The molecule has 99 heavy (non-hydrogen) atoms. The SMILES string of the molecule is C=S(C)(=O)N1CC=C(c2c[nH]c3c(OC)cccc23)CC1.C=S(C)(=O)N1CC=C(c2c[nH]c3ccc(C)cc23)CC1.C=S(C)(=O)N1CCC(c2c[nH]c3cccc(F)c23)CC1.C=S(C)(=O)N1CCC(c2c[nH]c3ncccc23)CC1.CS(=O)(=O)N1CC=C(c2c[nH]c3ncccc23)CC1. The van der Waals surface area contributed by atoms with Crippen LogP contribution in [0.25, 0.3) is 71.5 Å². The van der Waals surface area contributed by atoms with Gasteiger partial charge in [-0.25, -0.2) is 40.0 Å². The monoisotopic (exact) mass is 1440 g/mol. The number of piperidine rings is 2. The van der Waals surface area contributed by atoms with E-state index >= 15 is 0 Å². The van der Waals surface area contributed by atoms with Crippen molar-refractivity contribution in [1.29, 1.82) is 0 Å². The zero-order valence-electron chi connectivity index (χ0n) is 57.7. The minimum absolute atomic E-state index is 0.169. The van der Waals surface area contributed by atoms with Crippen LogP contribution in [-0.4, -0.2) is 209 Å². The van der Waals surface area contributed by atoms with Crippen LogP contribution in [0.1, 0.15) is 90.2 Å². The predicted octanol–water partition coefficient (Wildman–Crippen LogP) is 11.7. The zero-order valence-corrected chi connectivity index (χ0v) is 61.8. The van der Waals surface area contributed by atoms with Gasteiger partial charge in [-0.15, -0.1) is 0 Å². The Labute approximate surface area is 583 Å². The Kier molecular flexibility index (Phi) is 22.3. The van der Waals surface area contributed by atoms with Crippen LogP contribution >= 0.6 is 0 Å². The number of sulfonamides is 1. The average molecular weight is 1440 g/mol. The number of ether oxygens (including phenoxy) is 1. The van der Waals surface area contributed by atoms with Crippen LogP contribution in [-0.2, 0) is 48.9 Å². The first-order valence-corrected chi connectivity index (χ1v) is 43.4. The van der Waals surface area contributed by atoms with Gasteiger partial charge in [-0.05, 0) is 170 Å². The fourth-order valence-corrected chi connectivity index (χ4v) is 18.4. The zero-order chi connectivity index (χ0) is 70.6. The lowest BCUT2D eigenvalue weighted by Gasteiger charge is -2.32. The van der Waals surface area contributed by atoms with Crippen molar-refractivity contribution in [2.24, 2.45) is 0 Å². The molecule has 25 heteroatoms. The first kappa shape index (κ1) is 72.7. The molecule has 3 aromatic carbocycles. The molecule has 5 aliphatic heterocycles. The smallest absolute Gasteiger partial charge is 0.211 e. The van der Waals surface area contributed by atoms with Gasteiger partial charge in [0.1, 0.15) is 22.9 Å². The number of benzene rings is 3. The number of hydrogen-bond donors (Lipinski definition) is 5. The maximum absolute atomic E-state index is 14.0. The van der Waals surface area contributed by atoms with Crippen LogP contribution in [0.2, 0.25) is 0 Å². The van der Waals surface area contributed by atoms with Gasteiger partial charge in [-0.1, -0.05) is 48.1 Å². The number of aryl methyl sites for hydroxylation is 1. The lowest BCUT2D eigenvalue weighted by molar-refractivity contribution is 0.335. The molecule has 4 atom stereocenters. The molecule has 5 aliphatic rings. The van der Waals surface area contributed by atoms with Crippen molar-refractivity contribution in [3.05, 3.63) is 180 Å². The summed E-state index contributed by atoms with van der Waals surface area (Å²) in [6.07, 6.45) is 34.4. The molecule has 5 N–H and O–H groups in total. The molecule has 0 bridgehead atoms. The van der Waals surface area contributed by atoms with Gasteiger partial charge in [0.15, 0.2) is 0 Å². The number of para-hydroxylation sites is 1. The highest BCUT2D eigenvalue weighted by Gasteiger charge is 2.29. The number of fused-ring (bicyclic) bond motifs is 5. The Morgan fingerprint density at radius 3 is 1.46 bits per heavy atom. The molecule has 0 amide bonds. The van der Waals surface area contributed by atoms with Crippen LogP contribution in [0, 0.1) is 12.7 Å². The molecule has 12 heterocycles. The maximum Gasteiger partial charge on any atom is 0.211 e. The minimum atomic E-state index is -3.09. The Balaban J connectivity index is 0.000000125. The van der Waals surface area contributed by atoms with E-state index in [9.17, 15) is 29.6 Å². The highest BCUT2D eigenvalue weighted by Crippen LogP contribution is 2.38. The fraction of sp³-hybridized carbons (Fsp3) is 0.351. The molecule has 7 aromatic heterocycles. The summed E-state index contributed by atoms with van der Waals surface area (Å²) in [5.74, 6) is 16.5. The van der Waals surface area contributed by atoms with Crippen molar-refractivity contribution in [3.8, 4) is 5.75 Å². The van der Waals surface area contributed by atoms with Gasteiger partial charge in [0.05, 0.1) is 18.9 Å². The lowest BCUT2D eigenvalue weighted by Crippen LogP contribution is -2.37. The second kappa shape index (κ2) is 30.3. The van der Waals surface area contributed by atoms with Crippen LogP contribution in [0.5, 0.6) is 5.75 Å². The van der Waals surface area contributed by atoms with Gasteiger partial charge in [0.25, 0.3) is 0 Å².